The number of thioether (sulfide) groups is 1. The van der Waals surface area contributed by atoms with Crippen molar-refractivity contribution in [3.8, 4) is 0 Å². The smallest absolute Gasteiger partial charge is 0.103 e. The van der Waals surface area contributed by atoms with E-state index in [0.29, 0.717) is 0 Å². The van der Waals surface area contributed by atoms with Crippen molar-refractivity contribution in [1.29, 1.82) is 0 Å². The van der Waals surface area contributed by atoms with Crippen LogP contribution in [0.4, 0.5) is 0 Å². The van der Waals surface area contributed by atoms with Crippen LogP contribution in [-0.4, -0.2) is 10.1 Å². The quantitative estimate of drug-likeness (QED) is 0.851. The molecule has 1 N–H and O–H groups in total. The van der Waals surface area contributed by atoms with Gasteiger partial charge in [0.2, 0.25) is 0 Å². The molecule has 0 aliphatic heterocycles. The number of aromatic nitrogens is 1. The molecule has 1 aromatic heterocycles. The van der Waals surface area contributed by atoms with Crippen molar-refractivity contribution in [2.24, 2.45) is 0 Å². The summed E-state index contributed by atoms with van der Waals surface area (Å²) in [6.07, 6.45) is 1.34. The zero-order valence-electron chi connectivity index (χ0n) is 9.26. The highest BCUT2D eigenvalue weighted by molar-refractivity contribution is 9.10. The highest BCUT2D eigenvalue weighted by Gasteiger charge is 2.06. The van der Waals surface area contributed by atoms with Gasteiger partial charge in [0.1, 0.15) is 5.01 Å². The van der Waals surface area contributed by atoms with Crippen molar-refractivity contribution >= 4 is 39.0 Å². The fourth-order valence-corrected chi connectivity index (χ4v) is 3.28. The van der Waals surface area contributed by atoms with Crippen molar-refractivity contribution in [3.05, 3.63) is 44.8 Å². The van der Waals surface area contributed by atoms with Crippen LogP contribution < -0.4 is 0 Å². The van der Waals surface area contributed by atoms with Crippen molar-refractivity contribution in [3.63, 3.8) is 0 Å². The molecule has 1 unspecified atom stereocenters. The Kier molecular flexibility index (Phi) is 4.62. The summed E-state index contributed by atoms with van der Waals surface area (Å²) in [4.78, 5) is 6.45. The lowest BCUT2D eigenvalue weighted by Gasteiger charge is -1.99. The van der Waals surface area contributed by atoms with Gasteiger partial charge in [0.05, 0.1) is 16.7 Å². The first-order valence-corrected chi connectivity index (χ1v) is 7.75. The predicted molar refractivity (Wildman–Crippen MR) is 76.5 cm³/mol. The maximum atomic E-state index is 9.41. The molecule has 0 saturated heterocycles. The standard InChI is InChI=1S/C12H12BrNOS2/c1-8(15)11-6-14-12(17-11)7-16-10-4-2-9(13)3-5-10/h2-6,8,15H,7H2,1H3. The molecule has 0 bridgehead atoms. The van der Waals surface area contributed by atoms with Crippen molar-refractivity contribution < 1.29 is 5.11 Å². The lowest BCUT2D eigenvalue weighted by atomic mass is 10.4. The second-order valence-corrected chi connectivity index (χ2v) is 6.69. The molecule has 5 heteroatoms. The van der Waals surface area contributed by atoms with Crippen LogP contribution in [0, 0.1) is 0 Å². The second-order valence-electron chi connectivity index (χ2n) is 3.57. The molecule has 2 rings (SSSR count). The molecule has 17 heavy (non-hydrogen) atoms. The number of hydrogen-bond acceptors (Lipinski definition) is 4. The van der Waals surface area contributed by atoms with E-state index in [1.165, 1.54) is 4.90 Å². The minimum Gasteiger partial charge on any atom is -0.388 e. The maximum absolute atomic E-state index is 9.41. The summed E-state index contributed by atoms with van der Waals surface area (Å²) in [6, 6.07) is 8.23. The SMILES string of the molecule is CC(O)c1cnc(CSc2ccc(Br)cc2)s1. The third-order valence-corrected chi connectivity index (χ3v) is 5.06. The lowest BCUT2D eigenvalue weighted by molar-refractivity contribution is 0.203. The number of benzene rings is 1. The number of nitrogens with zero attached hydrogens (tertiary/aromatic N) is 1. The first-order chi connectivity index (χ1) is 8.15. The number of hydrogen-bond donors (Lipinski definition) is 1. The summed E-state index contributed by atoms with van der Waals surface area (Å²) in [7, 11) is 0. The van der Waals surface area contributed by atoms with Crippen LogP contribution in [0.5, 0.6) is 0 Å². The molecule has 1 atom stereocenters. The molecular formula is C12H12BrNOS2. The van der Waals surface area contributed by atoms with Gasteiger partial charge in [-0.25, -0.2) is 4.98 Å². The summed E-state index contributed by atoms with van der Waals surface area (Å²) in [5, 5.41) is 10.5. The van der Waals surface area contributed by atoms with E-state index < -0.39 is 6.10 Å². The summed E-state index contributed by atoms with van der Waals surface area (Å²) in [5.74, 6) is 0.846. The minimum absolute atomic E-state index is 0.418. The summed E-state index contributed by atoms with van der Waals surface area (Å²) in [6.45, 7) is 1.76. The highest BCUT2D eigenvalue weighted by Crippen LogP contribution is 2.28. The molecule has 1 aromatic carbocycles. The summed E-state index contributed by atoms with van der Waals surface area (Å²) < 4.78 is 1.09. The van der Waals surface area contributed by atoms with Gasteiger partial charge in [-0.3, -0.25) is 0 Å². The maximum Gasteiger partial charge on any atom is 0.103 e. The Hall–Kier alpha value is -0.360. The lowest BCUT2D eigenvalue weighted by Crippen LogP contribution is -1.83. The molecule has 0 saturated carbocycles. The van der Waals surface area contributed by atoms with Gasteiger partial charge in [0.25, 0.3) is 0 Å². The third kappa shape index (κ3) is 3.81. The monoisotopic (exact) mass is 329 g/mol. The minimum atomic E-state index is -0.418. The molecule has 0 spiro atoms. The van der Waals surface area contributed by atoms with Gasteiger partial charge < -0.3 is 5.11 Å². The molecule has 1 heterocycles. The van der Waals surface area contributed by atoms with Gasteiger partial charge in [0, 0.05) is 15.6 Å². The van der Waals surface area contributed by atoms with Crippen LogP contribution in [0.15, 0.2) is 39.8 Å². The van der Waals surface area contributed by atoms with Crippen LogP contribution >= 0.6 is 39.0 Å². The Morgan fingerprint density at radius 3 is 2.71 bits per heavy atom. The molecule has 0 radical (unpaired) electrons. The molecule has 2 nitrogen and oxygen atoms in total. The van der Waals surface area contributed by atoms with E-state index in [0.717, 1.165) is 20.1 Å². The van der Waals surface area contributed by atoms with Crippen LogP contribution in [-0.2, 0) is 5.75 Å². The van der Waals surface area contributed by atoms with E-state index in [1.807, 2.05) is 12.1 Å². The molecule has 0 amide bonds. The average molecular weight is 330 g/mol. The van der Waals surface area contributed by atoms with E-state index in [-0.39, 0.29) is 0 Å². The molecule has 0 aliphatic rings. The largest absolute Gasteiger partial charge is 0.388 e. The third-order valence-electron chi connectivity index (χ3n) is 2.16. The van der Waals surface area contributed by atoms with Crippen molar-refractivity contribution in [2.75, 3.05) is 0 Å². The Morgan fingerprint density at radius 1 is 1.41 bits per heavy atom. The van der Waals surface area contributed by atoms with Gasteiger partial charge in [-0.15, -0.1) is 23.1 Å². The zero-order chi connectivity index (χ0) is 12.3. The zero-order valence-corrected chi connectivity index (χ0v) is 12.5. The van der Waals surface area contributed by atoms with E-state index in [1.54, 1.807) is 36.2 Å². The Morgan fingerprint density at radius 2 is 2.12 bits per heavy atom. The molecule has 0 fully saturated rings. The predicted octanol–water partition coefficient (Wildman–Crippen LogP) is 4.25. The second kappa shape index (κ2) is 6.00. The number of rotatable bonds is 4. The van der Waals surface area contributed by atoms with Gasteiger partial charge in [0.15, 0.2) is 0 Å². The number of aliphatic hydroxyl groups is 1. The number of thiazole rings is 1. The average Bonchev–Trinajstić information content (AvgIpc) is 2.77. The topological polar surface area (TPSA) is 33.1 Å². The van der Waals surface area contributed by atoms with Crippen LogP contribution in [0.1, 0.15) is 22.9 Å². The highest BCUT2D eigenvalue weighted by atomic mass is 79.9. The van der Waals surface area contributed by atoms with Crippen LogP contribution in [0.25, 0.3) is 0 Å². The number of halogens is 1. The fourth-order valence-electron chi connectivity index (χ4n) is 1.26. The van der Waals surface area contributed by atoms with Crippen LogP contribution in [0.3, 0.4) is 0 Å². The first kappa shape index (κ1) is 13.1. The fraction of sp³-hybridized carbons (Fsp3) is 0.250. The van der Waals surface area contributed by atoms with Crippen molar-refractivity contribution in [1.82, 2.24) is 4.98 Å². The molecule has 2 aromatic rings. The first-order valence-electron chi connectivity index (χ1n) is 5.16. The number of aliphatic hydroxyl groups excluding tert-OH is 1. The van der Waals surface area contributed by atoms with Crippen LogP contribution in [0.2, 0.25) is 0 Å². The summed E-state index contributed by atoms with van der Waals surface area (Å²) >= 11 is 6.74. The van der Waals surface area contributed by atoms with E-state index in [9.17, 15) is 5.11 Å². The van der Waals surface area contributed by atoms with Crippen molar-refractivity contribution in [2.45, 2.75) is 23.7 Å². The Balaban J connectivity index is 1.95. The van der Waals surface area contributed by atoms with Gasteiger partial charge in [-0.05, 0) is 31.2 Å². The normalized spacial score (nSPS) is 12.6. The molecule has 90 valence electrons. The molecular weight excluding hydrogens is 318 g/mol. The van der Waals surface area contributed by atoms with Gasteiger partial charge >= 0.3 is 0 Å². The van der Waals surface area contributed by atoms with Gasteiger partial charge in [-0.2, -0.15) is 0 Å². The Labute approximate surface area is 117 Å². The van der Waals surface area contributed by atoms with E-state index in [4.69, 9.17) is 0 Å². The van der Waals surface area contributed by atoms with E-state index in [2.05, 4.69) is 33.0 Å². The Bertz CT molecular complexity index is 482. The van der Waals surface area contributed by atoms with E-state index >= 15 is 0 Å². The summed E-state index contributed by atoms with van der Waals surface area (Å²) in [5.41, 5.74) is 0. The molecule has 0 aliphatic carbocycles. The van der Waals surface area contributed by atoms with Gasteiger partial charge in [-0.1, -0.05) is 15.9 Å².